The lowest BCUT2D eigenvalue weighted by atomic mass is 9.87. The maximum atomic E-state index is 13.4. The third-order valence-corrected chi connectivity index (χ3v) is 3.32. The maximum absolute atomic E-state index is 13.4. The van der Waals surface area contributed by atoms with E-state index in [2.05, 4.69) is 0 Å². The molecule has 20 heavy (non-hydrogen) atoms. The molecule has 0 saturated heterocycles. The highest BCUT2D eigenvalue weighted by Crippen LogP contribution is 2.37. The van der Waals surface area contributed by atoms with E-state index in [1.165, 1.54) is 19.2 Å². The van der Waals surface area contributed by atoms with Crippen LogP contribution in [-0.4, -0.2) is 19.3 Å². The maximum Gasteiger partial charge on any atom is 0.125 e. The predicted octanol–water partition coefficient (Wildman–Crippen LogP) is 3.10. The lowest BCUT2D eigenvalue weighted by molar-refractivity contribution is 0.0982. The van der Waals surface area contributed by atoms with Gasteiger partial charge >= 0.3 is 0 Å². The van der Waals surface area contributed by atoms with Crippen LogP contribution in [0.15, 0.2) is 42.5 Å². The van der Waals surface area contributed by atoms with Crippen molar-refractivity contribution in [2.45, 2.75) is 12.5 Å². The molecule has 1 atom stereocenters. The van der Waals surface area contributed by atoms with E-state index < -0.39 is 11.4 Å². The highest BCUT2D eigenvalue weighted by molar-refractivity contribution is 5.48. The first-order valence-corrected chi connectivity index (χ1v) is 6.20. The highest BCUT2D eigenvalue weighted by atomic mass is 19.1. The van der Waals surface area contributed by atoms with Crippen LogP contribution in [0.5, 0.6) is 11.5 Å². The number of ether oxygens (including phenoxy) is 2. The Kier molecular flexibility index (Phi) is 3.95. The van der Waals surface area contributed by atoms with Crippen LogP contribution in [0.3, 0.4) is 0 Å². The van der Waals surface area contributed by atoms with Crippen LogP contribution in [0.2, 0.25) is 0 Å². The van der Waals surface area contributed by atoms with Gasteiger partial charge < -0.3 is 14.6 Å². The minimum atomic E-state index is -1.39. The van der Waals surface area contributed by atoms with Crippen molar-refractivity contribution in [3.63, 3.8) is 0 Å². The van der Waals surface area contributed by atoms with Crippen LogP contribution in [0, 0.1) is 5.82 Å². The molecule has 0 heterocycles. The number of methoxy groups -OCH3 is 2. The molecule has 1 unspecified atom stereocenters. The minimum absolute atomic E-state index is 0.398. The molecule has 106 valence electrons. The van der Waals surface area contributed by atoms with E-state index in [0.717, 1.165) is 0 Å². The van der Waals surface area contributed by atoms with Gasteiger partial charge in [-0.3, -0.25) is 0 Å². The topological polar surface area (TPSA) is 38.7 Å². The largest absolute Gasteiger partial charge is 0.497 e. The van der Waals surface area contributed by atoms with E-state index in [4.69, 9.17) is 9.47 Å². The molecule has 0 bridgehead atoms. The van der Waals surface area contributed by atoms with Crippen LogP contribution in [-0.2, 0) is 5.60 Å². The van der Waals surface area contributed by atoms with Gasteiger partial charge in [0.25, 0.3) is 0 Å². The highest BCUT2D eigenvalue weighted by Gasteiger charge is 2.30. The second-order valence-electron chi connectivity index (χ2n) is 4.65. The van der Waals surface area contributed by atoms with Gasteiger partial charge in [-0.15, -0.1) is 0 Å². The Bertz CT molecular complexity index is 608. The van der Waals surface area contributed by atoms with Crippen molar-refractivity contribution in [3.8, 4) is 11.5 Å². The van der Waals surface area contributed by atoms with Gasteiger partial charge in [0.2, 0.25) is 0 Å². The first-order valence-electron chi connectivity index (χ1n) is 6.20. The number of rotatable bonds is 4. The quantitative estimate of drug-likeness (QED) is 0.932. The fourth-order valence-electron chi connectivity index (χ4n) is 2.14. The van der Waals surface area contributed by atoms with Crippen LogP contribution in [0.1, 0.15) is 18.1 Å². The van der Waals surface area contributed by atoms with Crippen molar-refractivity contribution in [2.75, 3.05) is 14.2 Å². The van der Waals surface area contributed by atoms with Gasteiger partial charge in [-0.1, -0.05) is 12.1 Å². The zero-order chi connectivity index (χ0) is 14.8. The minimum Gasteiger partial charge on any atom is -0.497 e. The monoisotopic (exact) mass is 276 g/mol. The van der Waals surface area contributed by atoms with Crippen LogP contribution < -0.4 is 9.47 Å². The summed E-state index contributed by atoms with van der Waals surface area (Å²) in [5.74, 6) is 0.710. The Morgan fingerprint density at radius 3 is 2.40 bits per heavy atom. The molecule has 2 aromatic rings. The molecule has 0 aliphatic rings. The van der Waals surface area contributed by atoms with Crippen molar-refractivity contribution in [1.82, 2.24) is 0 Å². The fraction of sp³-hybridized carbons (Fsp3) is 0.250. The second kappa shape index (κ2) is 5.51. The number of aliphatic hydroxyl groups is 1. The van der Waals surface area contributed by atoms with Gasteiger partial charge in [0, 0.05) is 5.56 Å². The first-order chi connectivity index (χ1) is 9.48. The average molecular weight is 276 g/mol. The summed E-state index contributed by atoms with van der Waals surface area (Å²) in [6, 6.07) is 11.0. The number of hydrogen-bond acceptors (Lipinski definition) is 3. The van der Waals surface area contributed by atoms with Gasteiger partial charge in [0.1, 0.15) is 22.9 Å². The van der Waals surface area contributed by atoms with E-state index in [1.54, 1.807) is 44.4 Å². The summed E-state index contributed by atoms with van der Waals surface area (Å²) in [6.45, 7) is 1.60. The molecular weight excluding hydrogens is 259 g/mol. The van der Waals surface area contributed by atoms with Crippen LogP contribution in [0.4, 0.5) is 4.39 Å². The van der Waals surface area contributed by atoms with Gasteiger partial charge in [0.05, 0.1) is 14.2 Å². The molecule has 0 spiro atoms. The van der Waals surface area contributed by atoms with Crippen LogP contribution in [0.25, 0.3) is 0 Å². The molecule has 2 aromatic carbocycles. The third-order valence-electron chi connectivity index (χ3n) is 3.32. The summed E-state index contributed by atoms with van der Waals surface area (Å²) < 4.78 is 23.8. The van der Waals surface area contributed by atoms with Crippen molar-refractivity contribution >= 4 is 0 Å². The Morgan fingerprint density at radius 2 is 1.80 bits per heavy atom. The third kappa shape index (κ3) is 2.60. The molecule has 1 N–H and O–H groups in total. The molecular formula is C16H17FO3. The molecule has 0 radical (unpaired) electrons. The SMILES string of the molecule is COc1ccc(OC)c(C(C)(O)c2cccc(F)c2)c1. The van der Waals surface area contributed by atoms with Crippen molar-refractivity contribution in [1.29, 1.82) is 0 Å². The molecule has 0 amide bonds. The molecule has 0 aromatic heterocycles. The Labute approximate surface area is 117 Å². The summed E-state index contributed by atoms with van der Waals surface area (Å²) in [5, 5.41) is 10.8. The molecule has 0 aliphatic heterocycles. The van der Waals surface area contributed by atoms with E-state index in [9.17, 15) is 9.50 Å². The summed E-state index contributed by atoms with van der Waals surface area (Å²) in [4.78, 5) is 0. The zero-order valence-corrected chi connectivity index (χ0v) is 11.7. The van der Waals surface area contributed by atoms with Gasteiger partial charge in [0.15, 0.2) is 0 Å². The van der Waals surface area contributed by atoms with Gasteiger partial charge in [-0.05, 0) is 42.8 Å². The lowest BCUT2D eigenvalue weighted by Crippen LogP contribution is -2.23. The molecule has 4 heteroatoms. The Hall–Kier alpha value is -2.07. The normalized spacial score (nSPS) is 13.7. The Balaban J connectivity index is 2.58. The first kappa shape index (κ1) is 14.3. The van der Waals surface area contributed by atoms with Crippen molar-refractivity contribution in [2.24, 2.45) is 0 Å². The molecule has 2 rings (SSSR count). The van der Waals surface area contributed by atoms with Crippen LogP contribution >= 0.6 is 0 Å². The summed E-state index contributed by atoms with van der Waals surface area (Å²) in [6.07, 6.45) is 0. The fourth-order valence-corrected chi connectivity index (χ4v) is 2.14. The van der Waals surface area contributed by atoms with E-state index in [-0.39, 0.29) is 0 Å². The number of hydrogen-bond donors (Lipinski definition) is 1. The number of benzene rings is 2. The van der Waals surface area contributed by atoms with Gasteiger partial charge in [-0.25, -0.2) is 4.39 Å². The number of halogens is 1. The standard InChI is InChI=1S/C16H17FO3/c1-16(18,11-5-4-6-12(17)9-11)14-10-13(19-2)7-8-15(14)20-3/h4-10,18H,1-3H3. The van der Waals surface area contributed by atoms with E-state index in [0.29, 0.717) is 22.6 Å². The second-order valence-corrected chi connectivity index (χ2v) is 4.65. The lowest BCUT2D eigenvalue weighted by Gasteiger charge is -2.26. The summed E-state index contributed by atoms with van der Waals surface area (Å²) in [5.41, 5.74) is -0.420. The van der Waals surface area contributed by atoms with Crippen molar-refractivity contribution in [3.05, 3.63) is 59.4 Å². The predicted molar refractivity (Wildman–Crippen MR) is 74.6 cm³/mol. The smallest absolute Gasteiger partial charge is 0.125 e. The zero-order valence-electron chi connectivity index (χ0n) is 11.7. The Morgan fingerprint density at radius 1 is 1.05 bits per heavy atom. The molecule has 0 saturated carbocycles. The summed E-state index contributed by atoms with van der Waals surface area (Å²) >= 11 is 0. The molecule has 0 fully saturated rings. The van der Waals surface area contributed by atoms with E-state index >= 15 is 0 Å². The van der Waals surface area contributed by atoms with Gasteiger partial charge in [-0.2, -0.15) is 0 Å². The average Bonchev–Trinajstić information content (AvgIpc) is 2.46. The summed E-state index contributed by atoms with van der Waals surface area (Å²) in [7, 11) is 3.06. The molecule has 0 aliphatic carbocycles. The van der Waals surface area contributed by atoms with Crippen molar-refractivity contribution < 1.29 is 19.0 Å². The van der Waals surface area contributed by atoms with E-state index in [1.807, 2.05) is 0 Å². The molecule has 3 nitrogen and oxygen atoms in total.